The fraction of sp³-hybridized carbons (Fsp3) is 0.333. The highest BCUT2D eigenvalue weighted by Crippen LogP contribution is 2.34. The number of hydrogen-bond donors (Lipinski definition) is 4. The molecule has 5 N–H and O–H groups in total. The topological polar surface area (TPSA) is 106 Å². The van der Waals surface area contributed by atoms with Crippen LogP contribution in [0.4, 0.5) is 13.2 Å². The Hall–Kier alpha value is -2.44. The molecule has 0 bridgehead atoms. The fourth-order valence-electron chi connectivity index (χ4n) is 2.94. The normalized spacial score (nSPS) is 23.8. The van der Waals surface area contributed by atoms with E-state index in [1.54, 1.807) is 25.3 Å². The summed E-state index contributed by atoms with van der Waals surface area (Å²) in [5.41, 5.74) is 5.13. The summed E-state index contributed by atoms with van der Waals surface area (Å²) >= 11 is 1.30. The first-order chi connectivity index (χ1) is 15.3. The maximum absolute atomic E-state index is 13.4. The van der Waals surface area contributed by atoms with Crippen molar-refractivity contribution in [2.75, 3.05) is 20.3 Å². The Kier molecular flexibility index (Phi) is 8.26. The molecule has 0 amide bonds. The molecule has 1 aliphatic heterocycles. The van der Waals surface area contributed by atoms with Gasteiger partial charge in [0, 0.05) is 23.2 Å². The van der Waals surface area contributed by atoms with Crippen molar-refractivity contribution in [1.29, 1.82) is 0 Å². The van der Waals surface area contributed by atoms with Gasteiger partial charge in [0.1, 0.15) is 23.4 Å². The lowest BCUT2D eigenvalue weighted by atomic mass is 10.1. The minimum atomic E-state index is -1.58. The summed E-state index contributed by atoms with van der Waals surface area (Å²) in [6, 6.07) is 8.80. The minimum Gasteiger partial charge on any atom is -0.497 e. The molecule has 32 heavy (non-hydrogen) atoms. The quantitative estimate of drug-likeness (QED) is 0.434. The van der Waals surface area contributed by atoms with Crippen molar-refractivity contribution < 1.29 is 37.6 Å². The molecule has 2 aromatic rings. The lowest BCUT2D eigenvalue weighted by Gasteiger charge is -2.38. The predicted octanol–water partition coefficient (Wildman–Crippen LogP) is 2.17. The van der Waals surface area contributed by atoms with Crippen molar-refractivity contribution in [1.82, 2.24) is 5.32 Å². The Bertz CT molecular complexity index is 942. The highest BCUT2D eigenvalue weighted by Gasteiger charge is 2.38. The molecule has 7 nitrogen and oxygen atoms in total. The average Bonchev–Trinajstić information content (AvgIpc) is 2.78. The molecule has 1 heterocycles. The van der Waals surface area contributed by atoms with Gasteiger partial charge in [-0.2, -0.15) is 0 Å². The predicted molar refractivity (Wildman–Crippen MR) is 112 cm³/mol. The standard InChI is InChI=1S/C21H23F3N2O5S/c1-29-12-3-2-4-13(7-12)32-21-17(30-20(28)18(10-27)31-21)9-26-8-16(25)11-5-14(22)19(24)15(23)6-11/h2-8,17-18,20-21,26-28H,9-10,25H2,1H3/b16-8-/t17-,18?,20?,21?/m0/s1. The number of nitrogens with one attached hydrogen (secondary N) is 1. The van der Waals surface area contributed by atoms with E-state index < -0.39 is 48.0 Å². The second-order valence-corrected chi connectivity index (χ2v) is 8.02. The van der Waals surface area contributed by atoms with E-state index in [2.05, 4.69) is 5.32 Å². The van der Waals surface area contributed by atoms with E-state index >= 15 is 0 Å². The highest BCUT2D eigenvalue weighted by atomic mass is 32.2. The van der Waals surface area contributed by atoms with Gasteiger partial charge in [0.15, 0.2) is 23.7 Å². The first kappa shape index (κ1) is 24.2. The first-order valence-electron chi connectivity index (χ1n) is 9.57. The number of nitrogens with two attached hydrogens (primary N) is 1. The van der Waals surface area contributed by atoms with Crippen LogP contribution in [0.3, 0.4) is 0 Å². The van der Waals surface area contributed by atoms with Gasteiger partial charge in [0.25, 0.3) is 0 Å². The Morgan fingerprint density at radius 3 is 2.56 bits per heavy atom. The Balaban J connectivity index is 1.70. The number of hydrogen-bond acceptors (Lipinski definition) is 8. The molecule has 3 rings (SSSR count). The van der Waals surface area contributed by atoms with Gasteiger partial charge in [0.05, 0.1) is 19.4 Å². The Labute approximate surface area is 187 Å². The van der Waals surface area contributed by atoms with Gasteiger partial charge in [-0.1, -0.05) is 17.8 Å². The van der Waals surface area contributed by atoms with E-state index in [1.807, 2.05) is 6.07 Å². The minimum absolute atomic E-state index is 0.0368. The van der Waals surface area contributed by atoms with Gasteiger partial charge in [-0.15, -0.1) is 0 Å². The molecular weight excluding hydrogens is 449 g/mol. The molecule has 0 aliphatic carbocycles. The lowest BCUT2D eigenvalue weighted by Crippen LogP contribution is -2.52. The Morgan fingerprint density at radius 1 is 1.19 bits per heavy atom. The number of methoxy groups -OCH3 is 1. The number of halogens is 3. The van der Waals surface area contributed by atoms with Crippen LogP contribution in [-0.4, -0.2) is 54.4 Å². The van der Waals surface area contributed by atoms with Gasteiger partial charge in [-0.3, -0.25) is 0 Å². The average molecular weight is 472 g/mol. The van der Waals surface area contributed by atoms with Gasteiger partial charge < -0.3 is 35.5 Å². The largest absolute Gasteiger partial charge is 0.497 e. The van der Waals surface area contributed by atoms with Crippen LogP contribution in [-0.2, 0) is 9.47 Å². The van der Waals surface area contributed by atoms with E-state index in [0.29, 0.717) is 5.75 Å². The van der Waals surface area contributed by atoms with Crippen molar-refractivity contribution in [3.05, 3.63) is 65.6 Å². The Morgan fingerprint density at radius 2 is 1.91 bits per heavy atom. The van der Waals surface area contributed by atoms with E-state index in [9.17, 15) is 23.4 Å². The summed E-state index contributed by atoms with van der Waals surface area (Å²) in [5, 5.41) is 22.3. The third-order valence-corrected chi connectivity index (χ3v) is 5.78. The van der Waals surface area contributed by atoms with Gasteiger partial charge in [-0.05, 0) is 30.3 Å². The SMILES string of the molecule is COc1cccc(SC2OC(CO)C(O)O[C@H]2CN/C=C(\N)c2cc(F)c(F)c(F)c2)c1. The molecule has 1 fully saturated rings. The smallest absolute Gasteiger partial charge is 0.194 e. The highest BCUT2D eigenvalue weighted by molar-refractivity contribution is 7.99. The molecule has 0 spiro atoms. The second kappa shape index (κ2) is 10.9. The van der Waals surface area contributed by atoms with E-state index in [-0.39, 0.29) is 17.8 Å². The number of aliphatic hydroxyl groups is 2. The third-order valence-electron chi connectivity index (χ3n) is 4.61. The van der Waals surface area contributed by atoms with Crippen LogP contribution in [0.2, 0.25) is 0 Å². The van der Waals surface area contributed by atoms with Crippen LogP contribution in [0.1, 0.15) is 5.56 Å². The number of thioether (sulfide) groups is 1. The van der Waals surface area contributed by atoms with Crippen molar-refractivity contribution in [3.63, 3.8) is 0 Å². The molecule has 0 saturated carbocycles. The van der Waals surface area contributed by atoms with Gasteiger partial charge >= 0.3 is 0 Å². The molecule has 1 aliphatic rings. The number of ether oxygens (including phenoxy) is 3. The van der Waals surface area contributed by atoms with E-state index in [1.165, 1.54) is 18.0 Å². The van der Waals surface area contributed by atoms with Crippen molar-refractivity contribution in [2.24, 2.45) is 5.73 Å². The zero-order chi connectivity index (χ0) is 23.3. The zero-order valence-corrected chi connectivity index (χ0v) is 17.8. The molecule has 174 valence electrons. The van der Waals surface area contributed by atoms with E-state index in [0.717, 1.165) is 17.0 Å². The molecule has 11 heteroatoms. The molecule has 4 atom stereocenters. The summed E-state index contributed by atoms with van der Waals surface area (Å²) in [7, 11) is 1.55. The fourth-order valence-corrected chi connectivity index (χ4v) is 4.06. The van der Waals surface area contributed by atoms with Crippen LogP contribution in [0.25, 0.3) is 5.70 Å². The summed E-state index contributed by atoms with van der Waals surface area (Å²) < 4.78 is 56.6. The monoisotopic (exact) mass is 472 g/mol. The third kappa shape index (κ3) is 5.87. The second-order valence-electron chi connectivity index (χ2n) is 6.85. The van der Waals surface area contributed by atoms with E-state index in [4.69, 9.17) is 19.9 Å². The van der Waals surface area contributed by atoms with Gasteiger partial charge in [-0.25, -0.2) is 13.2 Å². The number of rotatable bonds is 8. The van der Waals surface area contributed by atoms with Crippen LogP contribution >= 0.6 is 11.8 Å². The van der Waals surface area contributed by atoms with Crippen molar-refractivity contribution in [2.45, 2.75) is 28.8 Å². The van der Waals surface area contributed by atoms with Crippen LogP contribution < -0.4 is 15.8 Å². The summed E-state index contributed by atoms with van der Waals surface area (Å²) in [6.07, 6.45) is -1.68. The molecular formula is C21H23F3N2O5S. The van der Waals surface area contributed by atoms with Crippen LogP contribution in [0, 0.1) is 17.5 Å². The molecule has 3 unspecified atom stereocenters. The van der Waals surface area contributed by atoms with Crippen molar-refractivity contribution >= 4 is 17.5 Å². The van der Waals surface area contributed by atoms with Crippen LogP contribution in [0.15, 0.2) is 47.5 Å². The van der Waals surface area contributed by atoms with Crippen LogP contribution in [0.5, 0.6) is 5.75 Å². The molecule has 2 aromatic carbocycles. The van der Waals surface area contributed by atoms with Gasteiger partial charge in [0.2, 0.25) is 0 Å². The zero-order valence-electron chi connectivity index (χ0n) is 17.0. The maximum atomic E-state index is 13.4. The first-order valence-corrected chi connectivity index (χ1v) is 10.4. The number of benzene rings is 2. The van der Waals surface area contributed by atoms with Crippen molar-refractivity contribution in [3.8, 4) is 5.75 Å². The summed E-state index contributed by atoms with van der Waals surface area (Å²) in [5.74, 6) is -3.64. The molecule has 1 saturated heterocycles. The molecule has 0 radical (unpaired) electrons. The summed E-state index contributed by atoms with van der Waals surface area (Å²) in [4.78, 5) is 0.809. The summed E-state index contributed by atoms with van der Waals surface area (Å²) in [6.45, 7) is -0.339. The number of aliphatic hydroxyl groups excluding tert-OH is 2. The lowest BCUT2D eigenvalue weighted by molar-refractivity contribution is -0.270. The molecule has 0 aromatic heterocycles. The maximum Gasteiger partial charge on any atom is 0.194 e.